The zero-order valence-electron chi connectivity index (χ0n) is 13.3. The Hall–Kier alpha value is -2.18. The fourth-order valence-corrected chi connectivity index (χ4v) is 3.22. The van der Waals surface area contributed by atoms with Crippen LogP contribution in [0.15, 0.2) is 36.7 Å². The van der Waals surface area contributed by atoms with Gasteiger partial charge in [0, 0.05) is 24.0 Å². The van der Waals surface area contributed by atoms with Gasteiger partial charge in [0.25, 0.3) is 5.91 Å². The van der Waals surface area contributed by atoms with E-state index in [0.29, 0.717) is 11.6 Å². The van der Waals surface area contributed by atoms with E-state index in [1.54, 1.807) is 0 Å². The number of hydrogen-bond donors (Lipinski definition) is 2. The Bertz CT molecular complexity index is 718. The summed E-state index contributed by atoms with van der Waals surface area (Å²) in [5, 5.41) is 3.62. The van der Waals surface area contributed by atoms with Crippen LogP contribution in [0.3, 0.4) is 0 Å². The Morgan fingerprint density at radius 2 is 2.04 bits per heavy atom. The Kier molecular flexibility index (Phi) is 5.27. The van der Waals surface area contributed by atoms with Crippen LogP contribution in [0.1, 0.15) is 34.9 Å². The molecule has 6 nitrogen and oxygen atoms in total. The van der Waals surface area contributed by atoms with E-state index in [4.69, 9.17) is 17.3 Å². The third kappa shape index (κ3) is 3.83. The van der Waals surface area contributed by atoms with Crippen molar-refractivity contribution in [2.24, 2.45) is 0 Å². The maximum atomic E-state index is 12.3. The molecule has 0 aliphatic carbocycles. The third-order valence-corrected chi connectivity index (χ3v) is 4.45. The van der Waals surface area contributed by atoms with Gasteiger partial charge in [-0.3, -0.25) is 9.69 Å². The van der Waals surface area contributed by atoms with Crippen LogP contribution in [0, 0.1) is 0 Å². The minimum Gasteiger partial charge on any atom is -0.382 e. The molecule has 24 heavy (non-hydrogen) atoms. The minimum atomic E-state index is -0.313. The molecule has 2 heterocycles. The van der Waals surface area contributed by atoms with Crippen molar-refractivity contribution in [3.05, 3.63) is 52.9 Å². The monoisotopic (exact) mass is 345 g/mol. The molecule has 3 rings (SSSR count). The number of carbonyl (C=O) groups is 1. The summed E-state index contributed by atoms with van der Waals surface area (Å²) < 4.78 is 0. The number of likely N-dealkylation sites (tertiary alicyclic amines) is 1. The van der Waals surface area contributed by atoms with Crippen LogP contribution in [0.4, 0.5) is 5.82 Å². The fraction of sp³-hybridized carbons (Fsp3) is 0.353. The van der Waals surface area contributed by atoms with Crippen LogP contribution in [0.25, 0.3) is 0 Å². The molecule has 0 radical (unpaired) electrons. The molecule has 0 unspecified atom stereocenters. The summed E-state index contributed by atoms with van der Waals surface area (Å²) in [4.78, 5) is 22.6. The second-order valence-corrected chi connectivity index (χ2v) is 6.25. The molecule has 1 amide bonds. The van der Waals surface area contributed by atoms with Gasteiger partial charge in [-0.05, 0) is 43.6 Å². The van der Waals surface area contributed by atoms with Gasteiger partial charge in [-0.15, -0.1) is 0 Å². The Balaban J connectivity index is 1.75. The van der Waals surface area contributed by atoms with Crippen molar-refractivity contribution >= 4 is 23.3 Å². The van der Waals surface area contributed by atoms with Gasteiger partial charge in [0.1, 0.15) is 0 Å². The van der Waals surface area contributed by atoms with Crippen LogP contribution in [-0.2, 0) is 0 Å². The van der Waals surface area contributed by atoms with Gasteiger partial charge in [0.05, 0.1) is 6.04 Å². The minimum absolute atomic E-state index is 0.0769. The van der Waals surface area contributed by atoms with Gasteiger partial charge in [0.15, 0.2) is 11.5 Å². The van der Waals surface area contributed by atoms with Crippen molar-refractivity contribution in [2.75, 3.05) is 25.4 Å². The van der Waals surface area contributed by atoms with Gasteiger partial charge in [-0.1, -0.05) is 23.7 Å². The molecule has 0 saturated carbocycles. The molecule has 1 fully saturated rings. The Labute approximate surface area is 146 Å². The number of nitrogens with two attached hydrogens (primary N) is 1. The number of nitrogens with one attached hydrogen (secondary N) is 1. The second-order valence-electron chi connectivity index (χ2n) is 5.81. The number of halogens is 1. The van der Waals surface area contributed by atoms with Crippen molar-refractivity contribution in [3.8, 4) is 0 Å². The molecule has 7 heteroatoms. The zero-order valence-corrected chi connectivity index (χ0v) is 14.0. The van der Waals surface area contributed by atoms with Gasteiger partial charge in [-0.2, -0.15) is 0 Å². The van der Waals surface area contributed by atoms with Crippen LogP contribution in [0.2, 0.25) is 5.02 Å². The van der Waals surface area contributed by atoms with E-state index in [0.717, 1.165) is 18.7 Å². The summed E-state index contributed by atoms with van der Waals surface area (Å²) in [5.74, 6) is -0.178. The molecule has 0 bridgehead atoms. The van der Waals surface area contributed by atoms with E-state index in [9.17, 15) is 4.79 Å². The second kappa shape index (κ2) is 7.59. The first-order chi connectivity index (χ1) is 11.6. The summed E-state index contributed by atoms with van der Waals surface area (Å²) in [5.41, 5.74) is 6.97. The van der Waals surface area contributed by atoms with Crippen molar-refractivity contribution in [1.82, 2.24) is 20.2 Å². The third-order valence-electron chi connectivity index (χ3n) is 4.21. The molecule has 1 aliphatic rings. The van der Waals surface area contributed by atoms with Crippen molar-refractivity contribution in [3.63, 3.8) is 0 Å². The summed E-state index contributed by atoms with van der Waals surface area (Å²) in [6, 6.07) is 7.85. The lowest BCUT2D eigenvalue weighted by molar-refractivity contribution is 0.0933. The van der Waals surface area contributed by atoms with Crippen molar-refractivity contribution < 1.29 is 4.79 Å². The zero-order chi connectivity index (χ0) is 16.9. The van der Waals surface area contributed by atoms with Gasteiger partial charge >= 0.3 is 0 Å². The topological polar surface area (TPSA) is 84.1 Å². The average Bonchev–Trinajstić information content (AvgIpc) is 3.10. The first-order valence-electron chi connectivity index (χ1n) is 7.99. The largest absolute Gasteiger partial charge is 0.382 e. The number of aromatic nitrogens is 2. The molecule has 1 aromatic heterocycles. The van der Waals surface area contributed by atoms with E-state index in [-0.39, 0.29) is 23.5 Å². The molecule has 1 aliphatic heterocycles. The summed E-state index contributed by atoms with van der Waals surface area (Å²) in [6.07, 6.45) is 5.26. The number of amides is 1. The van der Waals surface area contributed by atoms with Crippen LogP contribution < -0.4 is 11.1 Å². The normalized spacial score (nSPS) is 16.0. The average molecular weight is 346 g/mol. The maximum Gasteiger partial charge on any atom is 0.273 e. The number of nitrogens with zero attached hydrogens (tertiary/aromatic N) is 3. The standard InChI is InChI=1S/C17H20ClN5O/c18-13-5-3-4-12(10-13)14(23-8-1-2-9-23)11-22-17(24)15-16(19)21-7-6-20-15/h3-7,10,14H,1-2,8-9,11H2,(H2,19,21)(H,22,24)/t14-/m1/s1. The van der Waals surface area contributed by atoms with Gasteiger partial charge < -0.3 is 11.1 Å². The fourth-order valence-electron chi connectivity index (χ4n) is 3.02. The van der Waals surface area contributed by atoms with Crippen LogP contribution in [0.5, 0.6) is 0 Å². The quantitative estimate of drug-likeness (QED) is 0.868. The number of anilines is 1. The highest BCUT2D eigenvalue weighted by Gasteiger charge is 2.24. The molecule has 1 aromatic carbocycles. The predicted molar refractivity (Wildman–Crippen MR) is 93.8 cm³/mol. The highest BCUT2D eigenvalue weighted by atomic mass is 35.5. The van der Waals surface area contributed by atoms with E-state index >= 15 is 0 Å². The van der Waals surface area contributed by atoms with Gasteiger partial charge in [-0.25, -0.2) is 9.97 Å². The Morgan fingerprint density at radius 3 is 2.75 bits per heavy atom. The lowest BCUT2D eigenvalue weighted by atomic mass is 10.1. The lowest BCUT2D eigenvalue weighted by Gasteiger charge is -2.28. The van der Waals surface area contributed by atoms with E-state index in [2.05, 4.69) is 20.2 Å². The smallest absolute Gasteiger partial charge is 0.273 e. The molecule has 1 atom stereocenters. The first kappa shape index (κ1) is 16.7. The number of hydrogen-bond acceptors (Lipinski definition) is 5. The number of benzene rings is 1. The molecule has 0 spiro atoms. The van der Waals surface area contributed by atoms with Gasteiger partial charge in [0.2, 0.25) is 0 Å². The van der Waals surface area contributed by atoms with E-state index in [1.807, 2.05) is 24.3 Å². The first-order valence-corrected chi connectivity index (χ1v) is 8.37. The van der Waals surface area contributed by atoms with Crippen molar-refractivity contribution in [2.45, 2.75) is 18.9 Å². The Morgan fingerprint density at radius 1 is 1.29 bits per heavy atom. The lowest BCUT2D eigenvalue weighted by Crippen LogP contribution is -2.37. The predicted octanol–water partition coefficient (Wildman–Crippen LogP) is 2.28. The molecule has 1 saturated heterocycles. The summed E-state index contributed by atoms with van der Waals surface area (Å²) >= 11 is 6.13. The number of nitrogen functional groups attached to an aromatic ring is 1. The molecule has 126 valence electrons. The summed E-state index contributed by atoms with van der Waals surface area (Å²) in [6.45, 7) is 2.50. The summed E-state index contributed by atoms with van der Waals surface area (Å²) in [7, 11) is 0. The highest BCUT2D eigenvalue weighted by Crippen LogP contribution is 2.26. The SMILES string of the molecule is Nc1nccnc1C(=O)NC[C@H](c1cccc(Cl)c1)N1CCCC1. The van der Waals surface area contributed by atoms with E-state index in [1.165, 1.54) is 25.2 Å². The molecule has 3 N–H and O–H groups in total. The maximum absolute atomic E-state index is 12.3. The van der Waals surface area contributed by atoms with Crippen LogP contribution in [-0.4, -0.2) is 40.4 Å². The molecule has 2 aromatic rings. The molecular weight excluding hydrogens is 326 g/mol. The number of carbonyl (C=O) groups excluding carboxylic acids is 1. The highest BCUT2D eigenvalue weighted by molar-refractivity contribution is 6.30. The number of rotatable bonds is 5. The van der Waals surface area contributed by atoms with Crippen LogP contribution >= 0.6 is 11.6 Å². The molecular formula is C17H20ClN5O. The van der Waals surface area contributed by atoms with E-state index < -0.39 is 0 Å². The van der Waals surface area contributed by atoms with Crippen molar-refractivity contribution in [1.29, 1.82) is 0 Å².